The highest BCUT2D eigenvalue weighted by Gasteiger charge is 2.53. The molecule has 0 saturated heterocycles. The second-order valence-corrected chi connectivity index (χ2v) is 5.76. The van der Waals surface area contributed by atoms with Gasteiger partial charge in [-0.1, -0.05) is 0 Å². The number of aromatic nitrogens is 2. The van der Waals surface area contributed by atoms with Gasteiger partial charge in [-0.15, -0.1) is 0 Å². The van der Waals surface area contributed by atoms with Crippen molar-refractivity contribution in [1.29, 1.82) is 0 Å². The van der Waals surface area contributed by atoms with Crippen LogP contribution in [-0.2, 0) is 0 Å². The van der Waals surface area contributed by atoms with Crippen molar-refractivity contribution >= 4 is 11.6 Å². The third kappa shape index (κ3) is 3.37. The third-order valence-corrected chi connectivity index (χ3v) is 4.02. The van der Waals surface area contributed by atoms with Crippen LogP contribution in [0.1, 0.15) is 16.9 Å². The molecule has 0 saturated carbocycles. The van der Waals surface area contributed by atoms with Crippen LogP contribution >= 0.6 is 0 Å². The number of nitrogens with zero attached hydrogens (tertiary/aromatic N) is 3. The van der Waals surface area contributed by atoms with Crippen LogP contribution in [0, 0.1) is 0 Å². The summed E-state index contributed by atoms with van der Waals surface area (Å²) in [5, 5.41) is 19.4. The molecule has 2 heterocycles. The Balaban J connectivity index is 1.89. The summed E-state index contributed by atoms with van der Waals surface area (Å²) in [4.78, 5) is 12.5. The minimum atomic E-state index is -3.49. The standard InChI is InChI=1S/C16H14F4N4O3/c1-27-9-4-2-8(3-5-9)10-6-11(22-21-10)14(25)24-16(26,15(19)20)7-12(23-24)13(17)18/h2-6,13,15,26H,7H2,1H3,(H,21,22)/t16-/m0/s1. The lowest BCUT2D eigenvalue weighted by molar-refractivity contribution is -0.164. The van der Waals surface area contributed by atoms with E-state index in [-0.39, 0.29) is 10.7 Å². The molecule has 0 fully saturated rings. The van der Waals surface area contributed by atoms with Crippen LogP contribution in [0.25, 0.3) is 11.3 Å². The quantitative estimate of drug-likeness (QED) is 0.773. The van der Waals surface area contributed by atoms with E-state index in [9.17, 15) is 27.5 Å². The van der Waals surface area contributed by atoms with Crippen LogP contribution in [0.5, 0.6) is 5.75 Å². The number of aliphatic hydroxyl groups is 1. The second-order valence-electron chi connectivity index (χ2n) is 5.76. The number of ether oxygens (including phenoxy) is 1. The molecule has 0 spiro atoms. The maximum absolute atomic E-state index is 13.2. The van der Waals surface area contributed by atoms with Gasteiger partial charge in [-0.05, 0) is 30.3 Å². The molecule has 3 rings (SSSR count). The number of carbonyl (C=O) groups excluding carboxylic acids is 1. The number of benzene rings is 1. The molecule has 1 aromatic carbocycles. The van der Waals surface area contributed by atoms with Crippen molar-refractivity contribution in [2.45, 2.75) is 25.0 Å². The molecule has 7 nitrogen and oxygen atoms in total. The minimum absolute atomic E-state index is 0.0233. The van der Waals surface area contributed by atoms with Crippen LogP contribution in [0.3, 0.4) is 0 Å². The second kappa shape index (κ2) is 6.99. The monoisotopic (exact) mass is 386 g/mol. The Morgan fingerprint density at radius 1 is 1.30 bits per heavy atom. The zero-order valence-corrected chi connectivity index (χ0v) is 13.9. The van der Waals surface area contributed by atoms with Crippen molar-refractivity contribution < 1.29 is 32.2 Å². The Morgan fingerprint density at radius 2 is 1.96 bits per heavy atom. The van der Waals surface area contributed by atoms with Gasteiger partial charge in [0.1, 0.15) is 17.2 Å². The van der Waals surface area contributed by atoms with Crippen molar-refractivity contribution in [3.05, 3.63) is 36.0 Å². The number of carbonyl (C=O) groups is 1. The fourth-order valence-corrected chi connectivity index (χ4v) is 2.56. The van der Waals surface area contributed by atoms with Gasteiger partial charge >= 0.3 is 0 Å². The highest BCUT2D eigenvalue weighted by atomic mass is 19.3. The summed E-state index contributed by atoms with van der Waals surface area (Å²) in [6.45, 7) is 0. The van der Waals surface area contributed by atoms with Crippen molar-refractivity contribution in [2.75, 3.05) is 7.11 Å². The lowest BCUT2D eigenvalue weighted by atomic mass is 10.1. The van der Waals surface area contributed by atoms with E-state index in [1.54, 1.807) is 24.3 Å². The molecule has 0 bridgehead atoms. The molecule has 2 aromatic rings. The molecule has 1 aliphatic heterocycles. The Bertz CT molecular complexity index is 869. The van der Waals surface area contributed by atoms with Crippen LogP contribution in [0.2, 0.25) is 0 Å². The van der Waals surface area contributed by atoms with Crippen LogP contribution in [0.4, 0.5) is 17.6 Å². The third-order valence-electron chi connectivity index (χ3n) is 4.02. The maximum atomic E-state index is 13.2. The molecule has 0 radical (unpaired) electrons. The molecule has 0 aliphatic carbocycles. The van der Waals surface area contributed by atoms with Gasteiger partial charge in [0.25, 0.3) is 18.8 Å². The van der Waals surface area contributed by atoms with Gasteiger partial charge in [0.05, 0.1) is 12.8 Å². The van der Waals surface area contributed by atoms with Crippen molar-refractivity contribution in [3.8, 4) is 17.0 Å². The molecule has 1 aliphatic rings. The summed E-state index contributed by atoms with van der Waals surface area (Å²) >= 11 is 0. The molecule has 1 amide bonds. The summed E-state index contributed by atoms with van der Waals surface area (Å²) in [5.74, 6) is -0.612. The van der Waals surface area contributed by atoms with E-state index in [0.717, 1.165) is 0 Å². The van der Waals surface area contributed by atoms with Gasteiger partial charge in [-0.2, -0.15) is 15.2 Å². The van der Waals surface area contributed by atoms with Gasteiger partial charge in [0, 0.05) is 12.0 Å². The largest absolute Gasteiger partial charge is 0.497 e. The number of amides is 1. The SMILES string of the molecule is COc1ccc(-c2cc(C(=O)N3N=C(C(F)F)C[C@]3(O)C(F)F)[nH]n2)cc1. The minimum Gasteiger partial charge on any atom is -0.497 e. The number of H-pyrrole nitrogens is 1. The zero-order valence-electron chi connectivity index (χ0n) is 13.9. The summed E-state index contributed by atoms with van der Waals surface area (Å²) in [5.41, 5.74) is -3.54. The molecule has 2 N–H and O–H groups in total. The average molecular weight is 386 g/mol. The van der Waals surface area contributed by atoms with E-state index in [1.165, 1.54) is 13.2 Å². The molecule has 11 heteroatoms. The highest BCUT2D eigenvalue weighted by Crippen LogP contribution is 2.34. The summed E-state index contributed by atoms with van der Waals surface area (Å²) in [6, 6.07) is 7.86. The van der Waals surface area contributed by atoms with E-state index < -0.39 is 36.6 Å². The number of rotatable bonds is 5. The summed E-state index contributed by atoms with van der Waals surface area (Å²) < 4.78 is 57.1. The predicted molar refractivity (Wildman–Crippen MR) is 85.8 cm³/mol. The predicted octanol–water partition coefficient (Wildman–Crippen LogP) is 2.51. The average Bonchev–Trinajstić information content (AvgIpc) is 3.27. The molecule has 144 valence electrons. The van der Waals surface area contributed by atoms with Gasteiger partial charge in [-0.25, -0.2) is 17.6 Å². The first-order valence-corrected chi connectivity index (χ1v) is 7.66. The van der Waals surface area contributed by atoms with E-state index in [0.29, 0.717) is 17.0 Å². The lowest BCUT2D eigenvalue weighted by Crippen LogP contribution is -2.51. The zero-order chi connectivity index (χ0) is 19.8. The fraction of sp³-hybridized carbons (Fsp3) is 0.312. The van der Waals surface area contributed by atoms with Crippen molar-refractivity contribution in [3.63, 3.8) is 0 Å². The number of methoxy groups -OCH3 is 1. The van der Waals surface area contributed by atoms with E-state index >= 15 is 0 Å². The van der Waals surface area contributed by atoms with E-state index in [1.807, 2.05) is 0 Å². The first-order valence-electron chi connectivity index (χ1n) is 7.66. The Hall–Kier alpha value is -2.95. The summed E-state index contributed by atoms with van der Waals surface area (Å²) in [6.07, 6.45) is -7.82. The Labute approximate surface area is 150 Å². The van der Waals surface area contributed by atoms with Gasteiger partial charge in [-0.3, -0.25) is 9.89 Å². The van der Waals surface area contributed by atoms with Gasteiger partial charge < -0.3 is 9.84 Å². The van der Waals surface area contributed by atoms with Gasteiger partial charge in [0.2, 0.25) is 5.72 Å². The molecule has 1 atom stereocenters. The van der Waals surface area contributed by atoms with Crippen LogP contribution in [-0.4, -0.2) is 57.6 Å². The smallest absolute Gasteiger partial charge is 0.294 e. The van der Waals surface area contributed by atoms with Crippen molar-refractivity contribution in [1.82, 2.24) is 15.2 Å². The first kappa shape index (κ1) is 18.8. The number of hydrogen-bond acceptors (Lipinski definition) is 5. The molecule has 1 aromatic heterocycles. The number of alkyl halides is 4. The Kier molecular flexibility index (Phi) is 4.87. The number of nitrogens with one attached hydrogen (secondary N) is 1. The van der Waals surface area contributed by atoms with Crippen molar-refractivity contribution in [2.24, 2.45) is 5.10 Å². The number of hydrazone groups is 1. The molecular formula is C16H14F4N4O3. The van der Waals surface area contributed by atoms with Crippen LogP contribution in [0.15, 0.2) is 35.4 Å². The normalized spacial score (nSPS) is 19.7. The fourth-order valence-electron chi connectivity index (χ4n) is 2.56. The van der Waals surface area contributed by atoms with E-state index in [4.69, 9.17) is 4.74 Å². The molecular weight excluding hydrogens is 372 g/mol. The lowest BCUT2D eigenvalue weighted by Gasteiger charge is -2.29. The number of halogens is 4. The molecule has 27 heavy (non-hydrogen) atoms. The summed E-state index contributed by atoms with van der Waals surface area (Å²) in [7, 11) is 1.49. The highest BCUT2D eigenvalue weighted by molar-refractivity contribution is 5.98. The number of hydrogen-bond donors (Lipinski definition) is 2. The first-order chi connectivity index (χ1) is 12.8. The maximum Gasteiger partial charge on any atom is 0.294 e. The Morgan fingerprint density at radius 3 is 2.52 bits per heavy atom. The van der Waals surface area contributed by atoms with Crippen LogP contribution < -0.4 is 4.74 Å². The van der Waals surface area contributed by atoms with E-state index in [2.05, 4.69) is 15.3 Å². The molecule has 0 unspecified atom stereocenters. The topological polar surface area (TPSA) is 90.8 Å². The van der Waals surface area contributed by atoms with Gasteiger partial charge in [0.15, 0.2) is 0 Å². The number of aromatic amines is 1.